The van der Waals surface area contributed by atoms with Crippen molar-refractivity contribution in [1.82, 2.24) is 0 Å². The molecule has 0 fully saturated rings. The zero-order valence-electron chi connectivity index (χ0n) is 35.5. The van der Waals surface area contributed by atoms with E-state index in [1.165, 1.54) is 45.9 Å². The van der Waals surface area contributed by atoms with Gasteiger partial charge >= 0.3 is 5.97 Å². The number of ether oxygens (including phenoxy) is 3. The van der Waals surface area contributed by atoms with E-state index in [2.05, 4.69) is 99.4 Å². The van der Waals surface area contributed by atoms with Gasteiger partial charge in [-0.15, -0.1) is 0 Å². The number of rotatable bonds is 7. The smallest absolute Gasteiger partial charge is 0.308 e. The number of halogens is 1. The summed E-state index contributed by atoms with van der Waals surface area (Å²) < 4.78 is 17.6. The molecule has 0 spiro atoms. The Labute approximate surface area is 376 Å². The SMILES string of the molecule is COc1cc(C2Nc3ccc(C(=N)N)cc3C3c4ccccc4CCC23)ccc1OC(C)=O.COc1ccc(Br)cc1C1Nc2ccc(C(=N)N)cc2C2c3ccccc3CCC12. The zero-order valence-corrected chi connectivity index (χ0v) is 37.1. The number of amidine groups is 2. The molecule has 6 aromatic carbocycles. The number of fused-ring (bicyclic) bond motifs is 10. The number of esters is 1. The minimum absolute atomic E-state index is 0.0549. The molecule has 4 aliphatic rings. The highest BCUT2D eigenvalue weighted by atomic mass is 79.9. The maximum Gasteiger partial charge on any atom is 0.308 e. The lowest BCUT2D eigenvalue weighted by Crippen LogP contribution is -2.36. The van der Waals surface area contributed by atoms with Crippen LogP contribution in [0.25, 0.3) is 0 Å². The topological polar surface area (TPSA) is 169 Å². The van der Waals surface area contributed by atoms with Gasteiger partial charge in [-0.05, 0) is 143 Å². The first-order chi connectivity index (χ1) is 30.5. The van der Waals surface area contributed by atoms with Gasteiger partial charge in [-0.1, -0.05) is 70.5 Å². The molecule has 10 nitrogen and oxygen atoms in total. The molecule has 6 unspecified atom stereocenters. The van der Waals surface area contributed by atoms with E-state index < -0.39 is 0 Å². The van der Waals surface area contributed by atoms with Crippen LogP contribution in [-0.4, -0.2) is 31.9 Å². The molecule has 0 saturated heterocycles. The largest absolute Gasteiger partial charge is 0.496 e. The molecule has 0 amide bonds. The number of nitrogens with one attached hydrogen (secondary N) is 4. The Balaban J connectivity index is 0.000000161. The summed E-state index contributed by atoms with van der Waals surface area (Å²) in [6.45, 7) is 1.38. The van der Waals surface area contributed by atoms with E-state index in [1.54, 1.807) is 20.3 Å². The number of aryl methyl sites for hydroxylation is 2. The van der Waals surface area contributed by atoms with E-state index in [4.69, 9.17) is 36.5 Å². The molecule has 0 bridgehead atoms. The number of carbonyl (C=O) groups excluding carboxylic acids is 1. The van der Waals surface area contributed by atoms with Gasteiger partial charge < -0.3 is 36.3 Å². The standard InChI is InChI=1S/C27H27N3O3.C25H24BrN3O/c1-15(31)33-23-12-9-17(14-24(23)32-2)26-20-10-7-16-5-3-4-6-19(16)25(20)21-13-18(27(28)29)8-11-22(21)30-26;1-30-22-11-8-16(26)13-20(22)24-18-9-6-14-4-2-3-5-17(14)23(18)19-12-15(25(27)28)7-10-21(19)29-24/h3-6,8-9,11-14,20,25-26,30H,7,10H2,1-2H3,(H3,28,29);2-5,7-8,10-13,18,23-24,29H,6,9H2,1H3,(H3,27,28). The Kier molecular flexibility index (Phi) is 11.5. The lowest BCUT2D eigenvalue weighted by atomic mass is 9.65. The van der Waals surface area contributed by atoms with Crippen LogP contribution in [0.1, 0.15) is 99.3 Å². The fraction of sp³-hybridized carbons (Fsp3) is 0.250. The first-order valence-corrected chi connectivity index (χ1v) is 22.2. The van der Waals surface area contributed by atoms with Crippen LogP contribution in [0.3, 0.4) is 0 Å². The summed E-state index contributed by atoms with van der Waals surface area (Å²) in [6, 6.07) is 41.7. The number of nitrogen functional groups attached to an aromatic ring is 2. The molecule has 11 heteroatoms. The van der Waals surface area contributed by atoms with Gasteiger partial charge in [-0.25, -0.2) is 0 Å². The minimum Gasteiger partial charge on any atom is -0.496 e. The molecular weight excluding hydrogens is 853 g/mol. The second kappa shape index (κ2) is 17.3. The van der Waals surface area contributed by atoms with Gasteiger partial charge in [0, 0.05) is 51.3 Å². The maximum atomic E-state index is 11.5. The van der Waals surface area contributed by atoms with Gasteiger partial charge in [-0.2, -0.15) is 0 Å². The predicted molar refractivity (Wildman–Crippen MR) is 253 cm³/mol. The number of nitrogens with two attached hydrogens (primary N) is 2. The normalized spacial score (nSPS) is 21.0. The van der Waals surface area contributed by atoms with E-state index in [1.807, 2.05) is 42.5 Å². The fourth-order valence-corrected chi connectivity index (χ4v) is 11.0. The summed E-state index contributed by atoms with van der Waals surface area (Å²) in [6.07, 6.45) is 4.18. The molecule has 6 aromatic rings. The van der Waals surface area contributed by atoms with Crippen LogP contribution in [0.4, 0.5) is 11.4 Å². The quantitative estimate of drug-likeness (QED) is 0.0398. The Morgan fingerprint density at radius 1 is 0.603 bits per heavy atom. The van der Waals surface area contributed by atoms with E-state index in [-0.39, 0.29) is 41.6 Å². The van der Waals surface area contributed by atoms with Crippen LogP contribution < -0.4 is 36.3 Å². The van der Waals surface area contributed by atoms with Gasteiger partial charge in [0.25, 0.3) is 0 Å². The molecule has 2 aliphatic carbocycles. The Morgan fingerprint density at radius 3 is 1.67 bits per heavy atom. The molecule has 0 radical (unpaired) electrons. The van der Waals surface area contributed by atoms with Crippen molar-refractivity contribution in [1.29, 1.82) is 10.8 Å². The van der Waals surface area contributed by atoms with Crippen molar-refractivity contribution in [2.45, 2.75) is 56.5 Å². The average molecular weight is 904 g/mol. The molecule has 0 saturated carbocycles. The summed E-state index contributed by atoms with van der Waals surface area (Å²) in [7, 11) is 3.31. The number of hydrogen-bond acceptors (Lipinski definition) is 8. The molecule has 2 aliphatic heterocycles. The first-order valence-electron chi connectivity index (χ1n) is 21.4. The molecule has 320 valence electrons. The lowest BCUT2D eigenvalue weighted by molar-refractivity contribution is -0.132. The highest BCUT2D eigenvalue weighted by Gasteiger charge is 2.43. The third-order valence-corrected chi connectivity index (χ3v) is 13.8. The van der Waals surface area contributed by atoms with Crippen molar-refractivity contribution in [3.05, 3.63) is 181 Å². The minimum atomic E-state index is -0.379. The Morgan fingerprint density at radius 2 is 1.13 bits per heavy atom. The molecule has 2 heterocycles. The molecule has 6 atom stereocenters. The van der Waals surface area contributed by atoms with Gasteiger partial charge in [0.05, 0.1) is 26.3 Å². The van der Waals surface area contributed by atoms with Crippen molar-refractivity contribution in [2.75, 3.05) is 24.9 Å². The molecule has 0 aromatic heterocycles. The van der Waals surface area contributed by atoms with Crippen LogP contribution in [0.5, 0.6) is 17.2 Å². The molecule has 8 N–H and O–H groups in total. The summed E-state index contributed by atoms with van der Waals surface area (Å²) in [5.74, 6) is 2.77. The highest BCUT2D eigenvalue weighted by Crippen LogP contribution is 2.55. The Hall–Kier alpha value is -6.59. The zero-order chi connectivity index (χ0) is 43.9. The van der Waals surface area contributed by atoms with Crippen molar-refractivity contribution in [3.63, 3.8) is 0 Å². The first kappa shape index (κ1) is 41.7. The number of hydrogen-bond donors (Lipinski definition) is 6. The van der Waals surface area contributed by atoms with Crippen molar-refractivity contribution < 1.29 is 19.0 Å². The monoisotopic (exact) mass is 902 g/mol. The average Bonchev–Trinajstić information content (AvgIpc) is 3.30. The third-order valence-electron chi connectivity index (χ3n) is 13.3. The van der Waals surface area contributed by atoms with Crippen molar-refractivity contribution in [3.8, 4) is 17.2 Å². The van der Waals surface area contributed by atoms with E-state index >= 15 is 0 Å². The van der Waals surface area contributed by atoms with Crippen molar-refractivity contribution >= 4 is 44.9 Å². The van der Waals surface area contributed by atoms with Crippen LogP contribution in [0.15, 0.2) is 126 Å². The number of anilines is 2. The molecular formula is C52H51BrN6O4. The predicted octanol–water partition coefficient (Wildman–Crippen LogP) is 10.4. The van der Waals surface area contributed by atoms with Crippen LogP contribution in [0.2, 0.25) is 0 Å². The van der Waals surface area contributed by atoms with Crippen LogP contribution >= 0.6 is 15.9 Å². The third kappa shape index (κ3) is 7.90. The van der Waals surface area contributed by atoms with E-state index in [9.17, 15) is 4.79 Å². The summed E-state index contributed by atoms with van der Waals surface area (Å²) in [5.41, 5.74) is 25.5. The van der Waals surface area contributed by atoms with Gasteiger partial charge in [0.1, 0.15) is 17.4 Å². The van der Waals surface area contributed by atoms with Crippen LogP contribution in [-0.2, 0) is 17.6 Å². The Bertz CT molecular complexity index is 2770. The summed E-state index contributed by atoms with van der Waals surface area (Å²) in [4.78, 5) is 11.5. The maximum absolute atomic E-state index is 11.5. The van der Waals surface area contributed by atoms with Gasteiger partial charge in [0.15, 0.2) is 11.5 Å². The van der Waals surface area contributed by atoms with Gasteiger partial charge in [0.2, 0.25) is 0 Å². The van der Waals surface area contributed by atoms with Crippen molar-refractivity contribution in [2.24, 2.45) is 23.3 Å². The second-order valence-corrected chi connectivity index (χ2v) is 17.7. The summed E-state index contributed by atoms with van der Waals surface area (Å²) in [5, 5.41) is 23.4. The van der Waals surface area contributed by atoms with E-state index in [0.29, 0.717) is 23.3 Å². The molecule has 63 heavy (non-hydrogen) atoms. The number of methoxy groups -OCH3 is 2. The summed E-state index contributed by atoms with van der Waals surface area (Å²) >= 11 is 3.64. The van der Waals surface area contributed by atoms with Crippen LogP contribution in [0, 0.1) is 22.7 Å². The lowest BCUT2D eigenvalue weighted by Gasteiger charge is -2.45. The van der Waals surface area contributed by atoms with E-state index in [0.717, 1.165) is 64.0 Å². The fourth-order valence-electron chi connectivity index (χ4n) is 10.6. The molecule has 10 rings (SSSR count). The number of carbonyl (C=O) groups is 1. The van der Waals surface area contributed by atoms with Gasteiger partial charge in [-0.3, -0.25) is 15.6 Å². The number of benzene rings is 6. The second-order valence-electron chi connectivity index (χ2n) is 16.8. The highest BCUT2D eigenvalue weighted by molar-refractivity contribution is 9.10.